The van der Waals surface area contributed by atoms with Gasteiger partial charge in [-0.3, -0.25) is 4.79 Å². The van der Waals surface area contributed by atoms with Gasteiger partial charge in [-0.1, -0.05) is 23.7 Å². The molecule has 0 spiro atoms. The molecule has 1 amide bonds. The Labute approximate surface area is 124 Å². The van der Waals surface area contributed by atoms with Gasteiger partial charge in [0.25, 0.3) is 0 Å². The van der Waals surface area contributed by atoms with Crippen LogP contribution in [0.2, 0.25) is 5.02 Å². The van der Waals surface area contributed by atoms with Crippen molar-refractivity contribution < 1.29 is 4.79 Å². The molecule has 0 aromatic heterocycles. The molecule has 0 saturated carbocycles. The van der Waals surface area contributed by atoms with Gasteiger partial charge in [-0.05, 0) is 51.8 Å². The van der Waals surface area contributed by atoms with E-state index in [9.17, 15) is 4.79 Å². The molecule has 0 fully saturated rings. The van der Waals surface area contributed by atoms with Crippen molar-refractivity contribution in [2.75, 3.05) is 11.1 Å². The summed E-state index contributed by atoms with van der Waals surface area (Å²) in [6.07, 6.45) is 0.290. The van der Waals surface area contributed by atoms with Crippen molar-refractivity contribution in [2.24, 2.45) is 0 Å². The van der Waals surface area contributed by atoms with Gasteiger partial charge in [-0.15, -0.1) is 0 Å². The Bertz CT molecular complexity index is 599. The topological polar surface area (TPSA) is 55.1 Å². The highest BCUT2D eigenvalue weighted by molar-refractivity contribution is 9.10. The highest BCUT2D eigenvalue weighted by Gasteiger charge is 2.07. The van der Waals surface area contributed by atoms with Crippen LogP contribution >= 0.6 is 27.5 Å². The molecular weight excluding hydrogens is 328 g/mol. The summed E-state index contributed by atoms with van der Waals surface area (Å²) in [5, 5.41) is 3.47. The summed E-state index contributed by atoms with van der Waals surface area (Å²) in [5.74, 6) is -0.103. The number of nitrogen functional groups attached to an aromatic ring is 1. The molecule has 0 heterocycles. The Kier molecular flexibility index (Phi) is 4.45. The van der Waals surface area contributed by atoms with Crippen molar-refractivity contribution in [1.82, 2.24) is 0 Å². The Morgan fingerprint density at radius 1 is 1.21 bits per heavy atom. The fraction of sp³-hybridized carbons (Fsp3) is 0.0714. The van der Waals surface area contributed by atoms with Crippen LogP contribution in [-0.4, -0.2) is 5.91 Å². The van der Waals surface area contributed by atoms with E-state index in [4.69, 9.17) is 17.3 Å². The summed E-state index contributed by atoms with van der Waals surface area (Å²) in [7, 11) is 0. The second-order valence-electron chi connectivity index (χ2n) is 4.09. The predicted molar refractivity (Wildman–Crippen MR) is 82.3 cm³/mol. The lowest BCUT2D eigenvalue weighted by Crippen LogP contribution is -2.14. The number of carbonyl (C=O) groups is 1. The SMILES string of the molecule is Nc1ccc(Br)c(NC(=O)Cc2ccc(Cl)cc2)c1. The number of hydrogen-bond donors (Lipinski definition) is 2. The normalized spacial score (nSPS) is 10.2. The third kappa shape index (κ3) is 3.98. The van der Waals surface area contributed by atoms with E-state index in [2.05, 4.69) is 21.2 Å². The van der Waals surface area contributed by atoms with Crippen LogP contribution in [0.4, 0.5) is 11.4 Å². The second-order valence-corrected chi connectivity index (χ2v) is 5.38. The van der Waals surface area contributed by atoms with E-state index in [1.165, 1.54) is 0 Å². The highest BCUT2D eigenvalue weighted by Crippen LogP contribution is 2.24. The monoisotopic (exact) mass is 338 g/mol. The minimum absolute atomic E-state index is 0.103. The maximum absolute atomic E-state index is 11.9. The smallest absolute Gasteiger partial charge is 0.228 e. The molecule has 5 heteroatoms. The number of carbonyl (C=O) groups excluding carboxylic acids is 1. The molecule has 0 saturated heterocycles. The number of anilines is 2. The van der Waals surface area contributed by atoms with Crippen molar-refractivity contribution in [2.45, 2.75) is 6.42 Å². The first-order chi connectivity index (χ1) is 9.04. The first-order valence-corrected chi connectivity index (χ1v) is 6.81. The maximum Gasteiger partial charge on any atom is 0.228 e. The van der Waals surface area contributed by atoms with Crippen molar-refractivity contribution in [1.29, 1.82) is 0 Å². The quantitative estimate of drug-likeness (QED) is 0.834. The summed E-state index contributed by atoms with van der Waals surface area (Å²) < 4.78 is 0.797. The number of benzene rings is 2. The van der Waals surface area contributed by atoms with Gasteiger partial charge < -0.3 is 11.1 Å². The van der Waals surface area contributed by atoms with Crippen LogP contribution in [0.5, 0.6) is 0 Å². The van der Waals surface area contributed by atoms with Crippen LogP contribution in [-0.2, 0) is 11.2 Å². The fourth-order valence-electron chi connectivity index (χ4n) is 1.62. The Morgan fingerprint density at radius 2 is 1.89 bits per heavy atom. The molecule has 98 valence electrons. The predicted octanol–water partition coefficient (Wildman–Crippen LogP) is 3.87. The fourth-order valence-corrected chi connectivity index (χ4v) is 2.09. The number of nitrogens with two attached hydrogens (primary N) is 1. The average molecular weight is 340 g/mol. The van der Waals surface area contributed by atoms with Crippen molar-refractivity contribution in [3.63, 3.8) is 0 Å². The first-order valence-electron chi connectivity index (χ1n) is 5.64. The third-order valence-corrected chi connectivity index (χ3v) is 3.49. The maximum atomic E-state index is 11.9. The van der Waals surface area contributed by atoms with Gasteiger partial charge >= 0.3 is 0 Å². The lowest BCUT2D eigenvalue weighted by Gasteiger charge is -2.08. The van der Waals surface area contributed by atoms with E-state index < -0.39 is 0 Å². The minimum atomic E-state index is -0.103. The van der Waals surface area contributed by atoms with Crippen molar-refractivity contribution in [3.05, 3.63) is 57.5 Å². The van der Waals surface area contributed by atoms with E-state index in [0.29, 0.717) is 22.8 Å². The number of rotatable bonds is 3. The van der Waals surface area contributed by atoms with Gasteiger partial charge in [-0.25, -0.2) is 0 Å². The minimum Gasteiger partial charge on any atom is -0.399 e. The molecular formula is C14H12BrClN2O. The van der Waals surface area contributed by atoms with Gasteiger partial charge in [0.1, 0.15) is 0 Å². The lowest BCUT2D eigenvalue weighted by atomic mass is 10.1. The zero-order valence-electron chi connectivity index (χ0n) is 9.99. The van der Waals surface area contributed by atoms with Crippen LogP contribution in [0.1, 0.15) is 5.56 Å². The first kappa shape index (κ1) is 13.9. The molecule has 2 aromatic rings. The van der Waals surface area contributed by atoms with Crippen LogP contribution in [0.15, 0.2) is 46.9 Å². The molecule has 0 aliphatic carbocycles. The molecule has 19 heavy (non-hydrogen) atoms. The Balaban J connectivity index is 2.05. The number of hydrogen-bond acceptors (Lipinski definition) is 2. The number of halogens is 2. The van der Waals surface area contributed by atoms with E-state index in [-0.39, 0.29) is 5.91 Å². The van der Waals surface area contributed by atoms with Gasteiger partial charge in [0.2, 0.25) is 5.91 Å². The Hall–Kier alpha value is -1.52. The van der Waals surface area contributed by atoms with E-state index in [0.717, 1.165) is 10.0 Å². The third-order valence-electron chi connectivity index (χ3n) is 2.54. The van der Waals surface area contributed by atoms with Crippen LogP contribution in [0.3, 0.4) is 0 Å². The molecule has 0 bridgehead atoms. The van der Waals surface area contributed by atoms with Crippen molar-refractivity contribution in [3.8, 4) is 0 Å². The van der Waals surface area contributed by atoms with Gasteiger partial charge in [-0.2, -0.15) is 0 Å². The van der Waals surface area contributed by atoms with E-state index in [1.807, 2.05) is 12.1 Å². The highest BCUT2D eigenvalue weighted by atomic mass is 79.9. The molecule has 0 radical (unpaired) electrons. The van der Waals surface area contributed by atoms with Gasteiger partial charge in [0, 0.05) is 15.2 Å². The summed E-state index contributed by atoms with van der Waals surface area (Å²) in [4.78, 5) is 11.9. The standard InChI is InChI=1S/C14H12BrClN2O/c15-12-6-5-11(17)8-13(12)18-14(19)7-9-1-3-10(16)4-2-9/h1-6,8H,7,17H2,(H,18,19). The molecule has 0 aliphatic rings. The molecule has 3 N–H and O–H groups in total. The average Bonchev–Trinajstić information content (AvgIpc) is 2.37. The largest absolute Gasteiger partial charge is 0.399 e. The van der Waals surface area contributed by atoms with Crippen molar-refractivity contribution >= 4 is 44.8 Å². The zero-order chi connectivity index (χ0) is 13.8. The Morgan fingerprint density at radius 3 is 2.58 bits per heavy atom. The lowest BCUT2D eigenvalue weighted by molar-refractivity contribution is -0.115. The molecule has 0 unspecified atom stereocenters. The summed E-state index contributed by atoms with van der Waals surface area (Å²) >= 11 is 9.16. The van der Waals surface area contributed by atoms with Gasteiger partial charge in [0.05, 0.1) is 12.1 Å². The van der Waals surface area contributed by atoms with E-state index >= 15 is 0 Å². The summed E-state index contributed by atoms with van der Waals surface area (Å²) in [5.41, 5.74) is 7.86. The number of amides is 1. The number of nitrogens with one attached hydrogen (secondary N) is 1. The summed E-state index contributed by atoms with van der Waals surface area (Å²) in [6.45, 7) is 0. The summed E-state index contributed by atoms with van der Waals surface area (Å²) in [6, 6.07) is 12.5. The second kappa shape index (κ2) is 6.08. The van der Waals surface area contributed by atoms with Crippen LogP contribution < -0.4 is 11.1 Å². The molecule has 3 nitrogen and oxygen atoms in total. The van der Waals surface area contributed by atoms with Crippen LogP contribution in [0.25, 0.3) is 0 Å². The van der Waals surface area contributed by atoms with Crippen LogP contribution in [0, 0.1) is 0 Å². The zero-order valence-corrected chi connectivity index (χ0v) is 12.3. The van der Waals surface area contributed by atoms with Gasteiger partial charge in [0.15, 0.2) is 0 Å². The molecule has 0 atom stereocenters. The molecule has 2 rings (SSSR count). The molecule has 2 aromatic carbocycles. The van der Waals surface area contributed by atoms with E-state index in [1.54, 1.807) is 30.3 Å². The molecule has 0 aliphatic heterocycles.